The largest absolute Gasteiger partial charge is 0.488 e. The molecule has 6 rings (SSSR count). The lowest BCUT2D eigenvalue weighted by Crippen LogP contribution is -2.23. The van der Waals surface area contributed by atoms with Gasteiger partial charge in [0.1, 0.15) is 30.4 Å². The number of benzene rings is 4. The topological polar surface area (TPSA) is 124 Å². The van der Waals surface area contributed by atoms with Crippen LogP contribution in [-0.2, 0) is 19.8 Å². The summed E-state index contributed by atoms with van der Waals surface area (Å²) in [4.78, 5) is 14.6. The molecule has 0 amide bonds. The normalized spacial score (nSPS) is 11.9. The summed E-state index contributed by atoms with van der Waals surface area (Å²) in [6, 6.07) is 27.5. The highest BCUT2D eigenvalue weighted by Gasteiger charge is 2.36. The van der Waals surface area contributed by atoms with Crippen molar-refractivity contribution in [3.8, 4) is 22.8 Å². The SMILES string of the molecule is NCCCNc1ccc2c3c(nn2CCNCCO)-c2c(OCc4ccccc4)ccc(OCc4ccccc4)c2C(=O)c13. The minimum Gasteiger partial charge on any atom is -0.488 e. The molecule has 0 saturated carbocycles. The minimum absolute atomic E-state index is 0.0584. The highest BCUT2D eigenvalue weighted by molar-refractivity contribution is 6.29. The van der Waals surface area contributed by atoms with Crippen LogP contribution in [-0.4, -0.2) is 53.5 Å². The van der Waals surface area contributed by atoms with Gasteiger partial charge in [-0.15, -0.1) is 0 Å². The van der Waals surface area contributed by atoms with Crippen LogP contribution in [0.5, 0.6) is 11.5 Å². The van der Waals surface area contributed by atoms with E-state index in [2.05, 4.69) is 10.6 Å². The molecule has 1 aromatic heterocycles. The number of aromatic nitrogens is 2. The van der Waals surface area contributed by atoms with Crippen LogP contribution in [0.4, 0.5) is 5.69 Å². The van der Waals surface area contributed by atoms with Gasteiger partial charge in [0.2, 0.25) is 0 Å². The van der Waals surface area contributed by atoms with Crippen LogP contribution in [0.15, 0.2) is 84.9 Å². The van der Waals surface area contributed by atoms with Crippen molar-refractivity contribution >= 4 is 22.4 Å². The highest BCUT2D eigenvalue weighted by atomic mass is 16.5. The van der Waals surface area contributed by atoms with Gasteiger partial charge in [-0.2, -0.15) is 5.10 Å². The van der Waals surface area contributed by atoms with Gasteiger partial charge in [0.15, 0.2) is 5.78 Å². The number of hydrogen-bond donors (Lipinski definition) is 4. The Balaban J connectivity index is 1.49. The Labute approximate surface area is 256 Å². The number of aliphatic hydroxyl groups is 1. The lowest BCUT2D eigenvalue weighted by Gasteiger charge is -2.23. The van der Waals surface area contributed by atoms with Gasteiger partial charge in [0.25, 0.3) is 0 Å². The molecular weight excluding hydrogens is 554 g/mol. The molecule has 0 bridgehead atoms. The zero-order chi connectivity index (χ0) is 30.3. The molecule has 0 atom stereocenters. The molecule has 9 heteroatoms. The van der Waals surface area contributed by atoms with Gasteiger partial charge in [-0.1, -0.05) is 60.7 Å². The first kappa shape index (κ1) is 29.4. The molecule has 5 aromatic rings. The molecular formula is C35H37N5O4. The summed E-state index contributed by atoms with van der Waals surface area (Å²) < 4.78 is 14.7. The van der Waals surface area contributed by atoms with Crippen molar-refractivity contribution < 1.29 is 19.4 Å². The Morgan fingerprint density at radius 1 is 0.773 bits per heavy atom. The molecule has 226 valence electrons. The Morgan fingerprint density at radius 2 is 1.43 bits per heavy atom. The summed E-state index contributed by atoms with van der Waals surface area (Å²) in [6.07, 6.45) is 0.772. The van der Waals surface area contributed by atoms with E-state index in [-0.39, 0.29) is 12.4 Å². The standard InChI is InChI=1S/C35H37N5O4/c36-16-7-17-38-26-12-13-27-31-30(26)35(42)33-29(44-23-25-10-5-2-6-11-25)15-14-28(43-22-24-8-3-1-4-9-24)32(33)34(31)39-40(27)20-18-37-19-21-41/h1-6,8-15,37-38,41H,7,16-23,36H2. The molecule has 1 heterocycles. The molecule has 0 saturated heterocycles. The van der Waals surface area contributed by atoms with Crippen molar-refractivity contribution in [2.75, 3.05) is 38.1 Å². The predicted octanol–water partition coefficient (Wildman–Crippen LogP) is 4.75. The lowest BCUT2D eigenvalue weighted by atomic mass is 9.85. The number of carbonyl (C=O) groups is 1. The number of hydrogen-bond acceptors (Lipinski definition) is 8. The number of fused-ring (bicyclic) bond motifs is 2. The summed E-state index contributed by atoms with van der Waals surface area (Å²) in [5.74, 6) is 0.913. The molecule has 0 radical (unpaired) electrons. The molecule has 4 aromatic carbocycles. The summed E-state index contributed by atoms with van der Waals surface area (Å²) in [5, 5.41) is 21.8. The Hall–Kier alpha value is -4.70. The van der Waals surface area contributed by atoms with E-state index in [0.717, 1.165) is 34.1 Å². The van der Waals surface area contributed by atoms with Crippen LogP contribution in [0.3, 0.4) is 0 Å². The zero-order valence-corrected chi connectivity index (χ0v) is 24.6. The average Bonchev–Trinajstić information content (AvgIpc) is 3.43. The van der Waals surface area contributed by atoms with Gasteiger partial charge in [-0.25, -0.2) is 0 Å². The molecule has 9 nitrogen and oxygen atoms in total. The Kier molecular flexibility index (Phi) is 9.17. The number of anilines is 1. The Morgan fingerprint density at radius 3 is 2.07 bits per heavy atom. The van der Waals surface area contributed by atoms with E-state index < -0.39 is 0 Å². The van der Waals surface area contributed by atoms with Crippen molar-refractivity contribution in [3.63, 3.8) is 0 Å². The highest BCUT2D eigenvalue weighted by Crippen LogP contribution is 2.49. The quantitative estimate of drug-likeness (QED) is 0.126. The third-order valence-corrected chi connectivity index (χ3v) is 7.70. The van der Waals surface area contributed by atoms with E-state index in [4.69, 9.17) is 20.3 Å². The fourth-order valence-electron chi connectivity index (χ4n) is 5.57. The van der Waals surface area contributed by atoms with Crippen LogP contribution >= 0.6 is 0 Å². The van der Waals surface area contributed by atoms with Crippen molar-refractivity contribution in [1.82, 2.24) is 15.1 Å². The number of nitrogens with one attached hydrogen (secondary N) is 2. The number of nitrogens with two attached hydrogens (primary N) is 1. The molecule has 0 aliphatic heterocycles. The number of aliphatic hydroxyl groups excluding tert-OH is 1. The van der Waals surface area contributed by atoms with Crippen LogP contribution in [0.1, 0.15) is 33.5 Å². The molecule has 5 N–H and O–H groups in total. The first-order chi connectivity index (χ1) is 21.7. The van der Waals surface area contributed by atoms with Crippen LogP contribution < -0.4 is 25.8 Å². The maximum absolute atomic E-state index is 14.6. The van der Waals surface area contributed by atoms with Crippen LogP contribution in [0.25, 0.3) is 22.2 Å². The third kappa shape index (κ3) is 6.03. The van der Waals surface area contributed by atoms with Gasteiger partial charge in [-0.05, 0) is 48.4 Å². The zero-order valence-electron chi connectivity index (χ0n) is 24.6. The molecule has 0 fully saturated rings. The fourth-order valence-corrected chi connectivity index (χ4v) is 5.57. The number of ether oxygens (including phenoxy) is 2. The first-order valence-electron chi connectivity index (χ1n) is 15.0. The van der Waals surface area contributed by atoms with E-state index in [1.807, 2.05) is 89.6 Å². The second-order valence-electron chi connectivity index (χ2n) is 10.7. The number of nitrogens with zero attached hydrogens (tertiary/aromatic N) is 2. The van der Waals surface area contributed by atoms with Gasteiger partial charge in [-0.3, -0.25) is 9.48 Å². The second kappa shape index (κ2) is 13.7. The second-order valence-corrected chi connectivity index (χ2v) is 10.7. The predicted molar refractivity (Wildman–Crippen MR) is 172 cm³/mol. The Bertz CT molecular complexity index is 1740. The summed E-state index contributed by atoms with van der Waals surface area (Å²) in [7, 11) is 0. The summed E-state index contributed by atoms with van der Waals surface area (Å²) >= 11 is 0. The average molecular weight is 592 g/mol. The van der Waals surface area contributed by atoms with E-state index in [1.165, 1.54) is 0 Å². The molecule has 1 aliphatic rings. The smallest absolute Gasteiger partial charge is 0.200 e. The van der Waals surface area contributed by atoms with Gasteiger partial charge >= 0.3 is 0 Å². The van der Waals surface area contributed by atoms with Gasteiger partial charge < -0.3 is 30.9 Å². The fraction of sp³-hybridized carbons (Fsp3) is 0.257. The lowest BCUT2D eigenvalue weighted by molar-refractivity contribution is 0.103. The van der Waals surface area contributed by atoms with E-state index in [1.54, 1.807) is 0 Å². The number of carbonyl (C=O) groups excluding carboxylic acids is 1. The van der Waals surface area contributed by atoms with E-state index in [9.17, 15) is 9.90 Å². The van der Waals surface area contributed by atoms with Crippen LogP contribution in [0.2, 0.25) is 0 Å². The monoisotopic (exact) mass is 591 g/mol. The van der Waals surface area contributed by atoms with E-state index in [0.29, 0.717) is 79.8 Å². The third-order valence-electron chi connectivity index (χ3n) is 7.70. The minimum atomic E-state index is -0.139. The number of rotatable bonds is 15. The van der Waals surface area contributed by atoms with Crippen LogP contribution in [0, 0.1) is 0 Å². The van der Waals surface area contributed by atoms with E-state index >= 15 is 0 Å². The molecule has 1 aliphatic carbocycles. The number of ketones is 1. The molecule has 0 unspecified atom stereocenters. The van der Waals surface area contributed by atoms with Crippen molar-refractivity contribution in [1.29, 1.82) is 0 Å². The first-order valence-corrected chi connectivity index (χ1v) is 15.0. The summed E-state index contributed by atoms with van der Waals surface area (Å²) in [6.45, 7) is 3.57. The van der Waals surface area contributed by atoms with Crippen molar-refractivity contribution in [2.45, 2.75) is 26.2 Å². The van der Waals surface area contributed by atoms with Gasteiger partial charge in [0.05, 0.1) is 35.4 Å². The van der Waals surface area contributed by atoms with Crippen molar-refractivity contribution in [2.24, 2.45) is 5.73 Å². The maximum atomic E-state index is 14.6. The molecule has 44 heavy (non-hydrogen) atoms. The maximum Gasteiger partial charge on any atom is 0.200 e. The van der Waals surface area contributed by atoms with Crippen molar-refractivity contribution in [3.05, 3.63) is 107 Å². The molecule has 0 spiro atoms. The summed E-state index contributed by atoms with van der Waals surface area (Å²) in [5.41, 5.74) is 11.7. The van der Waals surface area contributed by atoms with Gasteiger partial charge in [0, 0.05) is 30.7 Å².